The van der Waals surface area contributed by atoms with Gasteiger partial charge in [0.15, 0.2) is 0 Å². The Balaban J connectivity index is 2.20. The number of aliphatic carboxylic acids is 1. The molecule has 0 saturated carbocycles. The largest absolute Gasteiger partial charge is 0.497 e. The van der Waals surface area contributed by atoms with Crippen molar-refractivity contribution in [1.82, 2.24) is 5.16 Å². The second-order valence-electron chi connectivity index (χ2n) is 3.80. The lowest BCUT2D eigenvalue weighted by Gasteiger charge is -1.99. The number of hydrogen-bond acceptors (Lipinski definition) is 5. The van der Waals surface area contributed by atoms with Gasteiger partial charge in [0, 0.05) is 11.6 Å². The van der Waals surface area contributed by atoms with Gasteiger partial charge < -0.3 is 14.4 Å². The maximum atomic E-state index is 11.5. The summed E-state index contributed by atoms with van der Waals surface area (Å²) in [5.74, 6) is -1.17. The first kappa shape index (κ1) is 12.8. The summed E-state index contributed by atoms with van der Waals surface area (Å²) < 4.78 is 9.87. The smallest absolute Gasteiger partial charge is 0.311 e. The molecule has 19 heavy (non-hydrogen) atoms. The molecule has 98 valence electrons. The molecule has 1 aromatic heterocycles. The molecule has 2 rings (SSSR count). The Kier molecular flexibility index (Phi) is 3.61. The van der Waals surface area contributed by atoms with Gasteiger partial charge in [0.25, 0.3) is 0 Å². The predicted molar refractivity (Wildman–Crippen MR) is 65.1 cm³/mol. The van der Waals surface area contributed by atoms with Gasteiger partial charge in [-0.05, 0) is 24.3 Å². The zero-order valence-electron chi connectivity index (χ0n) is 10.1. The molecule has 6 nitrogen and oxygen atoms in total. The number of benzene rings is 1. The molecule has 1 heterocycles. The Morgan fingerprint density at radius 2 is 2.00 bits per heavy atom. The van der Waals surface area contributed by atoms with E-state index in [0.717, 1.165) is 5.56 Å². The number of ether oxygens (including phenoxy) is 1. The molecule has 0 aliphatic carbocycles. The molecule has 0 unspecified atom stereocenters. The molecule has 0 fully saturated rings. The number of hydrogen-bond donors (Lipinski definition) is 1. The van der Waals surface area contributed by atoms with E-state index in [9.17, 15) is 9.59 Å². The van der Waals surface area contributed by atoms with Gasteiger partial charge in [0.2, 0.25) is 11.5 Å². The average molecular weight is 261 g/mol. The van der Waals surface area contributed by atoms with Crippen LogP contribution in [-0.4, -0.2) is 29.1 Å². The quantitative estimate of drug-likeness (QED) is 0.654. The van der Waals surface area contributed by atoms with Gasteiger partial charge in [0.1, 0.15) is 17.9 Å². The van der Waals surface area contributed by atoms with Crippen LogP contribution in [0.15, 0.2) is 34.9 Å². The molecule has 2 aromatic rings. The monoisotopic (exact) mass is 261 g/mol. The fourth-order valence-corrected chi connectivity index (χ4v) is 1.53. The maximum Gasteiger partial charge on any atom is 0.311 e. The average Bonchev–Trinajstić information content (AvgIpc) is 2.88. The van der Waals surface area contributed by atoms with Crippen LogP contribution in [0.4, 0.5) is 0 Å². The van der Waals surface area contributed by atoms with Gasteiger partial charge >= 0.3 is 5.97 Å². The molecule has 0 radical (unpaired) electrons. The van der Waals surface area contributed by atoms with Crippen LogP contribution < -0.4 is 4.74 Å². The van der Waals surface area contributed by atoms with Crippen LogP contribution >= 0.6 is 0 Å². The summed E-state index contributed by atoms with van der Waals surface area (Å²) >= 11 is 0. The Labute approximate surface area is 108 Å². The normalized spacial score (nSPS) is 10.2. The van der Waals surface area contributed by atoms with E-state index in [0.29, 0.717) is 11.4 Å². The summed E-state index contributed by atoms with van der Waals surface area (Å²) in [5, 5.41) is 12.3. The maximum absolute atomic E-state index is 11.5. The van der Waals surface area contributed by atoms with Crippen molar-refractivity contribution < 1.29 is 24.0 Å². The summed E-state index contributed by atoms with van der Waals surface area (Å²) in [4.78, 5) is 21.9. The minimum atomic E-state index is -1.20. The van der Waals surface area contributed by atoms with Gasteiger partial charge in [-0.2, -0.15) is 0 Å². The molecule has 1 aromatic carbocycles. The molecule has 0 amide bonds. The highest BCUT2D eigenvalue weighted by molar-refractivity contribution is 6.04. The lowest BCUT2D eigenvalue weighted by atomic mass is 10.1. The molecule has 6 heteroatoms. The van der Waals surface area contributed by atoms with Gasteiger partial charge in [0.05, 0.1) is 7.11 Å². The van der Waals surface area contributed by atoms with Crippen LogP contribution in [0.2, 0.25) is 0 Å². The van der Waals surface area contributed by atoms with Crippen molar-refractivity contribution in [3.8, 4) is 17.0 Å². The third-order valence-electron chi connectivity index (χ3n) is 2.48. The summed E-state index contributed by atoms with van der Waals surface area (Å²) in [6.07, 6.45) is -0.614. The third-order valence-corrected chi connectivity index (χ3v) is 2.48. The van der Waals surface area contributed by atoms with Gasteiger partial charge in [-0.1, -0.05) is 5.16 Å². The lowest BCUT2D eigenvalue weighted by molar-refractivity contribution is -0.135. The Morgan fingerprint density at radius 1 is 1.32 bits per heavy atom. The standard InChI is InChI=1S/C13H11NO5/c1-18-9-4-2-8(3-5-9)10-6-12(19-14-10)11(15)7-13(16)17/h2-6H,7H2,1H3,(H,16,17). The molecule has 0 aliphatic heterocycles. The van der Waals surface area contributed by atoms with Gasteiger partial charge in [-0.25, -0.2) is 0 Å². The third kappa shape index (κ3) is 2.98. The van der Waals surface area contributed by atoms with Gasteiger partial charge in [-0.15, -0.1) is 0 Å². The predicted octanol–water partition coefficient (Wildman–Crippen LogP) is 2.01. The number of ketones is 1. The fraction of sp³-hybridized carbons (Fsp3) is 0.154. The highest BCUT2D eigenvalue weighted by Gasteiger charge is 2.16. The summed E-state index contributed by atoms with van der Waals surface area (Å²) in [6, 6.07) is 8.46. The molecule has 0 atom stereocenters. The molecular formula is C13H11NO5. The molecule has 1 N–H and O–H groups in total. The summed E-state index contributed by atoms with van der Waals surface area (Å²) in [6.45, 7) is 0. The van der Waals surface area contributed by atoms with E-state index in [4.69, 9.17) is 14.4 Å². The highest BCUT2D eigenvalue weighted by atomic mass is 16.5. The van der Waals surface area contributed by atoms with E-state index < -0.39 is 18.2 Å². The van der Waals surface area contributed by atoms with Crippen LogP contribution in [-0.2, 0) is 4.79 Å². The zero-order chi connectivity index (χ0) is 13.8. The topological polar surface area (TPSA) is 89.6 Å². The van der Waals surface area contributed by atoms with Gasteiger partial charge in [-0.3, -0.25) is 9.59 Å². The van der Waals surface area contributed by atoms with Crippen LogP contribution in [0.25, 0.3) is 11.3 Å². The summed E-state index contributed by atoms with van der Waals surface area (Å²) in [7, 11) is 1.56. The van der Waals surface area contributed by atoms with Crippen molar-refractivity contribution >= 4 is 11.8 Å². The van der Waals surface area contributed by atoms with E-state index in [1.807, 2.05) is 0 Å². The van der Waals surface area contributed by atoms with E-state index in [2.05, 4.69) is 5.16 Å². The van der Waals surface area contributed by atoms with Crippen LogP contribution in [0.3, 0.4) is 0 Å². The minimum absolute atomic E-state index is 0.0618. The van der Waals surface area contributed by atoms with Crippen molar-refractivity contribution in [3.63, 3.8) is 0 Å². The second kappa shape index (κ2) is 5.34. The first-order valence-electron chi connectivity index (χ1n) is 5.46. The van der Waals surface area contributed by atoms with Crippen LogP contribution in [0.5, 0.6) is 5.75 Å². The first-order chi connectivity index (χ1) is 9.10. The van der Waals surface area contributed by atoms with Crippen molar-refractivity contribution in [2.45, 2.75) is 6.42 Å². The number of methoxy groups -OCH3 is 1. The van der Waals surface area contributed by atoms with E-state index in [1.54, 1.807) is 31.4 Å². The van der Waals surface area contributed by atoms with Crippen molar-refractivity contribution in [2.24, 2.45) is 0 Å². The number of Topliss-reactive ketones (excluding diaryl/α,β-unsaturated/α-hetero) is 1. The molecular weight excluding hydrogens is 250 g/mol. The zero-order valence-corrected chi connectivity index (χ0v) is 10.1. The first-order valence-corrected chi connectivity index (χ1v) is 5.46. The number of nitrogens with zero attached hydrogens (tertiary/aromatic N) is 1. The fourth-order valence-electron chi connectivity index (χ4n) is 1.53. The Hall–Kier alpha value is -2.63. The number of rotatable bonds is 5. The second-order valence-corrected chi connectivity index (χ2v) is 3.80. The Bertz CT molecular complexity index is 600. The number of carbonyl (C=O) groups is 2. The number of carboxylic acid groups (broad SMARTS) is 1. The minimum Gasteiger partial charge on any atom is -0.497 e. The molecule has 0 aliphatic rings. The van der Waals surface area contributed by atoms with Crippen molar-refractivity contribution in [2.75, 3.05) is 7.11 Å². The Morgan fingerprint density at radius 3 is 2.58 bits per heavy atom. The van der Waals surface area contributed by atoms with Crippen molar-refractivity contribution in [1.29, 1.82) is 0 Å². The van der Waals surface area contributed by atoms with Crippen molar-refractivity contribution in [3.05, 3.63) is 36.1 Å². The molecule has 0 spiro atoms. The lowest BCUT2D eigenvalue weighted by Crippen LogP contribution is -2.05. The molecule has 0 saturated heterocycles. The van der Waals surface area contributed by atoms with Crippen LogP contribution in [0.1, 0.15) is 17.0 Å². The van der Waals surface area contributed by atoms with E-state index in [1.165, 1.54) is 6.07 Å². The molecule has 0 bridgehead atoms. The highest BCUT2D eigenvalue weighted by Crippen LogP contribution is 2.22. The van der Waals surface area contributed by atoms with E-state index in [-0.39, 0.29) is 5.76 Å². The number of carbonyl (C=O) groups excluding carboxylic acids is 1. The SMILES string of the molecule is COc1ccc(-c2cc(C(=O)CC(=O)O)on2)cc1. The summed E-state index contributed by atoms with van der Waals surface area (Å²) in [5.41, 5.74) is 1.22. The number of aromatic nitrogens is 1. The van der Waals surface area contributed by atoms with Crippen LogP contribution in [0, 0.1) is 0 Å². The van der Waals surface area contributed by atoms with E-state index >= 15 is 0 Å². The number of carboxylic acids is 1.